The molecule has 0 fully saturated rings. The smallest absolute Gasteiger partial charge is 0.227 e. The third-order valence-electron chi connectivity index (χ3n) is 5.29. The number of nitrogens with zero attached hydrogens (tertiary/aromatic N) is 1. The van der Waals surface area contributed by atoms with Crippen molar-refractivity contribution in [1.82, 2.24) is 15.5 Å². The minimum absolute atomic E-state index is 0.0390. The molecule has 1 unspecified atom stereocenters. The number of carbonyl (C=O) groups excluding carboxylic acids is 3. The molecular weight excluding hydrogens is 438 g/mol. The van der Waals surface area contributed by atoms with Crippen LogP contribution in [0.15, 0.2) is 23.4 Å². The normalized spacial score (nSPS) is 17.2. The lowest BCUT2D eigenvalue weighted by Crippen LogP contribution is -2.34. The van der Waals surface area contributed by atoms with E-state index in [-0.39, 0.29) is 24.7 Å². The Morgan fingerprint density at radius 1 is 1.09 bits per heavy atom. The number of hydrogen-bond acceptors (Lipinski definition) is 6. The molecule has 0 saturated carbocycles. The van der Waals surface area contributed by atoms with Crippen LogP contribution >= 0.6 is 0 Å². The first kappa shape index (κ1) is 27.6. The van der Waals surface area contributed by atoms with Crippen LogP contribution in [0.1, 0.15) is 39.0 Å². The largest absolute Gasteiger partial charge is 0.377 e. The first-order valence-electron chi connectivity index (χ1n) is 12.0. The van der Waals surface area contributed by atoms with Crippen molar-refractivity contribution in [3.05, 3.63) is 23.4 Å². The second kappa shape index (κ2) is 16.9. The second-order valence-corrected chi connectivity index (χ2v) is 8.11. The molecule has 2 rings (SSSR count). The summed E-state index contributed by atoms with van der Waals surface area (Å²) in [4.78, 5) is 36.9. The van der Waals surface area contributed by atoms with E-state index in [0.717, 1.165) is 30.5 Å². The van der Waals surface area contributed by atoms with Crippen molar-refractivity contribution in [3.63, 3.8) is 0 Å². The van der Waals surface area contributed by atoms with Crippen LogP contribution in [0.3, 0.4) is 0 Å². The van der Waals surface area contributed by atoms with Crippen molar-refractivity contribution in [2.45, 2.75) is 39.0 Å². The van der Waals surface area contributed by atoms with Crippen molar-refractivity contribution in [3.8, 4) is 11.8 Å². The molecular formula is C25H37N3O6. The lowest BCUT2D eigenvalue weighted by molar-refractivity contribution is -0.132. The maximum absolute atomic E-state index is 12.9. The molecule has 1 aliphatic heterocycles. The predicted molar refractivity (Wildman–Crippen MR) is 127 cm³/mol. The van der Waals surface area contributed by atoms with Gasteiger partial charge in [-0.2, -0.15) is 0 Å². The first-order valence-corrected chi connectivity index (χ1v) is 12.0. The van der Waals surface area contributed by atoms with Crippen LogP contribution in [-0.2, 0) is 28.6 Å². The fourth-order valence-electron chi connectivity index (χ4n) is 3.53. The Morgan fingerprint density at radius 3 is 2.53 bits per heavy atom. The Morgan fingerprint density at radius 2 is 1.79 bits per heavy atom. The van der Waals surface area contributed by atoms with Gasteiger partial charge in [0.05, 0.1) is 45.3 Å². The van der Waals surface area contributed by atoms with E-state index in [0.29, 0.717) is 71.6 Å². The summed E-state index contributed by atoms with van der Waals surface area (Å²) in [6, 6.07) is 0. The SMILES string of the molecule is CC1C=CC2=C(C#CCCCN2C(=O)CCC(=O)NCCOCCOCCOCCNC=O)C1. The van der Waals surface area contributed by atoms with Crippen molar-refractivity contribution in [2.75, 3.05) is 59.3 Å². The Balaban J connectivity index is 1.54. The third kappa shape index (κ3) is 11.0. The lowest BCUT2D eigenvalue weighted by atomic mass is 9.92. The Hall–Kier alpha value is -2.67. The topological polar surface area (TPSA) is 106 Å². The number of rotatable bonds is 16. The van der Waals surface area contributed by atoms with Crippen LogP contribution in [0.4, 0.5) is 0 Å². The predicted octanol–water partition coefficient (Wildman–Crippen LogP) is 1.15. The van der Waals surface area contributed by atoms with E-state index < -0.39 is 0 Å². The average Bonchev–Trinajstić information content (AvgIpc) is 2.81. The van der Waals surface area contributed by atoms with Crippen LogP contribution in [0, 0.1) is 17.8 Å². The van der Waals surface area contributed by atoms with Crippen molar-refractivity contribution in [1.29, 1.82) is 0 Å². The lowest BCUT2D eigenvalue weighted by Gasteiger charge is -2.29. The highest BCUT2D eigenvalue weighted by atomic mass is 16.5. The van der Waals surface area contributed by atoms with Gasteiger partial charge in [-0.1, -0.05) is 24.8 Å². The van der Waals surface area contributed by atoms with Gasteiger partial charge in [0.1, 0.15) is 0 Å². The molecule has 9 heteroatoms. The second-order valence-electron chi connectivity index (χ2n) is 8.11. The molecule has 0 aromatic carbocycles. The summed E-state index contributed by atoms with van der Waals surface area (Å²) in [7, 11) is 0. The molecule has 34 heavy (non-hydrogen) atoms. The van der Waals surface area contributed by atoms with E-state index in [1.54, 1.807) is 4.90 Å². The monoisotopic (exact) mass is 475 g/mol. The summed E-state index contributed by atoms with van der Waals surface area (Å²) in [5.74, 6) is 6.64. The highest BCUT2D eigenvalue weighted by molar-refractivity contribution is 5.85. The van der Waals surface area contributed by atoms with Crippen molar-refractivity contribution in [2.24, 2.45) is 5.92 Å². The van der Waals surface area contributed by atoms with Crippen LogP contribution in [0.2, 0.25) is 0 Å². The van der Waals surface area contributed by atoms with E-state index in [4.69, 9.17) is 14.2 Å². The Kier molecular flexibility index (Phi) is 13.7. The maximum atomic E-state index is 12.9. The fourth-order valence-corrected chi connectivity index (χ4v) is 3.53. The summed E-state index contributed by atoms with van der Waals surface area (Å²) >= 11 is 0. The highest BCUT2D eigenvalue weighted by Crippen LogP contribution is 2.27. The number of amides is 3. The van der Waals surface area contributed by atoms with Crippen molar-refractivity contribution < 1.29 is 28.6 Å². The number of allylic oxidation sites excluding steroid dienone is 3. The number of carbonyl (C=O) groups is 3. The Bertz CT molecular complexity index is 783. The molecule has 1 heterocycles. The molecule has 0 aromatic heterocycles. The molecule has 0 saturated heterocycles. The van der Waals surface area contributed by atoms with Gasteiger partial charge in [0, 0.05) is 44.5 Å². The van der Waals surface area contributed by atoms with E-state index in [1.165, 1.54) is 0 Å². The minimum atomic E-state index is -0.164. The zero-order valence-corrected chi connectivity index (χ0v) is 20.1. The molecule has 3 amide bonds. The standard InChI is InChI=1S/C25H37N3O6/c1-21-6-7-23-22(19-21)5-3-2-4-12-28(23)25(31)9-8-24(30)27-11-14-33-16-18-34-17-15-32-13-10-26-20-29/h6-7,20-21H,2,4,8-19H2,1H3,(H,26,29)(H,27,30). The summed E-state index contributed by atoms with van der Waals surface area (Å²) in [5, 5.41) is 5.29. The third-order valence-corrected chi connectivity index (χ3v) is 5.29. The van der Waals surface area contributed by atoms with Gasteiger partial charge in [-0.15, -0.1) is 0 Å². The molecule has 2 aliphatic rings. The molecule has 0 radical (unpaired) electrons. The number of nitrogens with one attached hydrogen (secondary N) is 2. The van der Waals surface area contributed by atoms with Gasteiger partial charge in [0.25, 0.3) is 0 Å². The quantitative estimate of drug-likeness (QED) is 0.197. The molecule has 188 valence electrons. The maximum Gasteiger partial charge on any atom is 0.227 e. The molecule has 9 nitrogen and oxygen atoms in total. The van der Waals surface area contributed by atoms with Gasteiger partial charge in [-0.05, 0) is 24.8 Å². The molecule has 0 bridgehead atoms. The van der Waals surface area contributed by atoms with Crippen LogP contribution in [0.5, 0.6) is 0 Å². The average molecular weight is 476 g/mol. The molecule has 0 aromatic rings. The van der Waals surface area contributed by atoms with Gasteiger partial charge in [-0.25, -0.2) is 0 Å². The van der Waals surface area contributed by atoms with Gasteiger partial charge >= 0.3 is 0 Å². The first-order chi connectivity index (χ1) is 16.6. The summed E-state index contributed by atoms with van der Waals surface area (Å²) < 4.78 is 16.0. The van der Waals surface area contributed by atoms with Gasteiger partial charge < -0.3 is 29.7 Å². The van der Waals surface area contributed by atoms with Crippen LogP contribution < -0.4 is 10.6 Å². The van der Waals surface area contributed by atoms with Gasteiger partial charge in [0.15, 0.2) is 0 Å². The molecule has 1 atom stereocenters. The molecule has 2 N–H and O–H groups in total. The zero-order chi connectivity index (χ0) is 24.4. The van der Waals surface area contributed by atoms with E-state index in [1.807, 2.05) is 6.08 Å². The molecule has 1 aliphatic carbocycles. The fraction of sp³-hybridized carbons (Fsp3) is 0.640. The van der Waals surface area contributed by atoms with Crippen LogP contribution in [-0.4, -0.2) is 82.4 Å². The van der Waals surface area contributed by atoms with Gasteiger partial charge in [0.2, 0.25) is 18.2 Å². The highest BCUT2D eigenvalue weighted by Gasteiger charge is 2.23. The minimum Gasteiger partial charge on any atom is -0.377 e. The summed E-state index contributed by atoms with van der Waals surface area (Å²) in [6.45, 7) is 6.22. The molecule has 0 spiro atoms. The summed E-state index contributed by atoms with van der Waals surface area (Å²) in [6.07, 6.45) is 7.52. The van der Waals surface area contributed by atoms with Crippen molar-refractivity contribution >= 4 is 18.2 Å². The summed E-state index contributed by atoms with van der Waals surface area (Å²) in [5.41, 5.74) is 1.92. The van der Waals surface area contributed by atoms with Crippen LogP contribution in [0.25, 0.3) is 0 Å². The van der Waals surface area contributed by atoms with E-state index in [9.17, 15) is 14.4 Å². The number of hydrogen-bond donors (Lipinski definition) is 2. The van der Waals surface area contributed by atoms with Gasteiger partial charge in [-0.3, -0.25) is 14.4 Å². The van der Waals surface area contributed by atoms with E-state index in [2.05, 4.69) is 35.5 Å². The number of ether oxygens (including phenoxy) is 3. The Labute approximate surface area is 202 Å². The van der Waals surface area contributed by atoms with E-state index >= 15 is 0 Å². The zero-order valence-electron chi connectivity index (χ0n) is 20.1.